The van der Waals surface area contributed by atoms with Gasteiger partial charge in [0.2, 0.25) is 5.91 Å². The number of hydrogen-bond acceptors (Lipinski definition) is 2. The molecule has 0 aliphatic carbocycles. The lowest BCUT2D eigenvalue weighted by atomic mass is 10.3. The predicted molar refractivity (Wildman–Crippen MR) is 82.9 cm³/mol. The Morgan fingerprint density at radius 2 is 2.06 bits per heavy atom. The highest BCUT2D eigenvalue weighted by Gasteiger charge is 2.03. The Kier molecular flexibility index (Phi) is 12.8. The van der Waals surface area contributed by atoms with Crippen molar-refractivity contribution in [1.29, 1.82) is 0 Å². The number of halogens is 1. The molecular weight excluding hydrogens is 331 g/mol. The molecular formula is C11H23IN4O. The van der Waals surface area contributed by atoms with Crippen molar-refractivity contribution in [2.24, 2.45) is 4.99 Å². The number of nitrogens with one attached hydrogen (secondary N) is 3. The highest BCUT2D eigenvalue weighted by atomic mass is 127. The third-order valence-electron chi connectivity index (χ3n) is 1.73. The molecule has 0 rings (SSSR count). The van der Waals surface area contributed by atoms with Crippen molar-refractivity contribution in [1.82, 2.24) is 16.0 Å². The first-order valence-electron chi connectivity index (χ1n) is 5.45. The average Bonchev–Trinajstić information content (AvgIpc) is 2.22. The molecule has 0 heterocycles. The van der Waals surface area contributed by atoms with Gasteiger partial charge < -0.3 is 16.0 Å². The van der Waals surface area contributed by atoms with E-state index in [1.165, 1.54) is 0 Å². The Labute approximate surface area is 121 Å². The maximum absolute atomic E-state index is 11.3. The molecule has 0 bridgehead atoms. The maximum Gasteiger partial charge on any atom is 0.221 e. The number of amides is 1. The monoisotopic (exact) mass is 354 g/mol. The van der Waals surface area contributed by atoms with Crippen LogP contribution >= 0.6 is 24.0 Å². The van der Waals surface area contributed by atoms with Crippen molar-refractivity contribution in [2.45, 2.75) is 26.3 Å². The van der Waals surface area contributed by atoms with Crippen molar-refractivity contribution < 1.29 is 4.79 Å². The van der Waals surface area contributed by atoms with E-state index in [1.54, 1.807) is 13.1 Å². The fraction of sp³-hybridized carbons (Fsp3) is 0.636. The number of carbonyl (C=O) groups is 1. The Bertz CT molecular complexity index is 254. The van der Waals surface area contributed by atoms with Gasteiger partial charge >= 0.3 is 0 Å². The Morgan fingerprint density at radius 3 is 2.53 bits per heavy atom. The minimum absolute atomic E-state index is 0. The summed E-state index contributed by atoms with van der Waals surface area (Å²) in [5.41, 5.74) is 0. The van der Waals surface area contributed by atoms with E-state index in [0.29, 0.717) is 25.5 Å². The second kappa shape index (κ2) is 11.7. The lowest BCUT2D eigenvalue weighted by Crippen LogP contribution is -2.40. The van der Waals surface area contributed by atoms with Gasteiger partial charge in [-0.1, -0.05) is 6.08 Å². The molecule has 17 heavy (non-hydrogen) atoms. The number of guanidine groups is 1. The molecule has 100 valence electrons. The van der Waals surface area contributed by atoms with Crippen molar-refractivity contribution in [3.8, 4) is 0 Å². The molecule has 0 aliphatic rings. The summed E-state index contributed by atoms with van der Waals surface area (Å²) in [5, 5.41) is 8.88. The van der Waals surface area contributed by atoms with Crippen LogP contribution in [-0.2, 0) is 4.79 Å². The third-order valence-corrected chi connectivity index (χ3v) is 1.73. The molecule has 1 amide bonds. The minimum Gasteiger partial charge on any atom is -0.356 e. The summed E-state index contributed by atoms with van der Waals surface area (Å²) in [5.74, 6) is 0.721. The Morgan fingerprint density at radius 1 is 1.41 bits per heavy atom. The van der Waals surface area contributed by atoms with E-state index in [2.05, 4.69) is 27.5 Å². The summed E-state index contributed by atoms with van der Waals surface area (Å²) in [7, 11) is 1.69. The number of rotatable bonds is 6. The van der Waals surface area contributed by atoms with Gasteiger partial charge in [0.15, 0.2) is 5.96 Å². The molecule has 0 saturated carbocycles. The van der Waals surface area contributed by atoms with Crippen LogP contribution in [0.25, 0.3) is 0 Å². The van der Waals surface area contributed by atoms with E-state index in [1.807, 2.05) is 13.8 Å². The van der Waals surface area contributed by atoms with Gasteiger partial charge in [-0.15, -0.1) is 30.6 Å². The first-order chi connectivity index (χ1) is 7.60. The molecule has 6 heteroatoms. The normalized spacial score (nSPS) is 10.5. The Balaban J connectivity index is 0. The Hall–Kier alpha value is -0.790. The van der Waals surface area contributed by atoms with Crippen molar-refractivity contribution in [3.05, 3.63) is 12.7 Å². The fourth-order valence-corrected chi connectivity index (χ4v) is 1.08. The number of nitrogens with zero attached hydrogens (tertiary/aromatic N) is 1. The van der Waals surface area contributed by atoms with Gasteiger partial charge in [0, 0.05) is 32.6 Å². The molecule has 0 spiro atoms. The summed E-state index contributed by atoms with van der Waals surface area (Å²) in [4.78, 5) is 15.3. The van der Waals surface area contributed by atoms with Crippen molar-refractivity contribution >= 4 is 35.8 Å². The standard InChI is InChI=1S/C11H22N4O.HI/c1-5-7-13-11(12-4)14-8-6-10(16)15-9(2)3;/h5,9H,1,6-8H2,2-4H3,(H,15,16)(H2,12,13,14);1H. The molecule has 3 N–H and O–H groups in total. The van der Waals surface area contributed by atoms with Crippen LogP contribution in [0.4, 0.5) is 0 Å². The van der Waals surface area contributed by atoms with Crippen LogP contribution < -0.4 is 16.0 Å². The molecule has 0 aromatic carbocycles. The van der Waals surface area contributed by atoms with E-state index in [-0.39, 0.29) is 35.9 Å². The summed E-state index contributed by atoms with van der Waals surface area (Å²) in [6.07, 6.45) is 2.19. The number of hydrogen-bond donors (Lipinski definition) is 3. The van der Waals surface area contributed by atoms with E-state index in [9.17, 15) is 4.79 Å². The van der Waals surface area contributed by atoms with Crippen molar-refractivity contribution in [3.63, 3.8) is 0 Å². The lowest BCUT2D eigenvalue weighted by Gasteiger charge is -2.11. The first kappa shape index (κ1) is 18.6. The highest BCUT2D eigenvalue weighted by molar-refractivity contribution is 14.0. The minimum atomic E-state index is 0. The molecule has 0 aromatic rings. The van der Waals surface area contributed by atoms with Crippen LogP contribution in [-0.4, -0.2) is 38.0 Å². The molecule has 0 unspecified atom stereocenters. The highest BCUT2D eigenvalue weighted by Crippen LogP contribution is 1.82. The molecule has 5 nitrogen and oxygen atoms in total. The SMILES string of the molecule is C=CCNC(=NC)NCCC(=O)NC(C)C.I. The molecule has 0 atom stereocenters. The van der Waals surface area contributed by atoms with Crippen LogP contribution in [0.1, 0.15) is 20.3 Å². The second-order valence-corrected chi connectivity index (χ2v) is 3.64. The van der Waals surface area contributed by atoms with Gasteiger partial charge in [-0.05, 0) is 13.8 Å². The van der Waals surface area contributed by atoms with Gasteiger partial charge in [-0.25, -0.2) is 0 Å². The second-order valence-electron chi connectivity index (χ2n) is 3.64. The quantitative estimate of drug-likeness (QED) is 0.287. The fourth-order valence-electron chi connectivity index (χ4n) is 1.08. The van der Waals surface area contributed by atoms with Gasteiger partial charge in [0.05, 0.1) is 0 Å². The maximum atomic E-state index is 11.3. The van der Waals surface area contributed by atoms with Crippen LogP contribution in [0.2, 0.25) is 0 Å². The van der Waals surface area contributed by atoms with Gasteiger partial charge in [-0.2, -0.15) is 0 Å². The van der Waals surface area contributed by atoms with Gasteiger partial charge in [-0.3, -0.25) is 9.79 Å². The van der Waals surface area contributed by atoms with Gasteiger partial charge in [0.1, 0.15) is 0 Å². The van der Waals surface area contributed by atoms with E-state index >= 15 is 0 Å². The van der Waals surface area contributed by atoms with E-state index in [4.69, 9.17) is 0 Å². The predicted octanol–water partition coefficient (Wildman–Crippen LogP) is 0.870. The van der Waals surface area contributed by atoms with Gasteiger partial charge in [0.25, 0.3) is 0 Å². The number of carbonyl (C=O) groups excluding carboxylic acids is 1. The zero-order valence-corrected chi connectivity index (χ0v) is 13.1. The smallest absolute Gasteiger partial charge is 0.221 e. The van der Waals surface area contributed by atoms with Crippen molar-refractivity contribution in [2.75, 3.05) is 20.1 Å². The molecule has 0 radical (unpaired) electrons. The number of aliphatic imine (C=N–C) groups is 1. The molecule has 0 saturated heterocycles. The van der Waals surface area contributed by atoms with Crippen LogP contribution in [0, 0.1) is 0 Å². The largest absolute Gasteiger partial charge is 0.356 e. The van der Waals surface area contributed by atoms with E-state index < -0.39 is 0 Å². The van der Waals surface area contributed by atoms with Crippen LogP contribution in [0.5, 0.6) is 0 Å². The molecule has 0 aliphatic heterocycles. The first-order valence-corrected chi connectivity index (χ1v) is 5.45. The summed E-state index contributed by atoms with van der Waals surface area (Å²) >= 11 is 0. The average molecular weight is 354 g/mol. The third kappa shape index (κ3) is 11.5. The molecule has 0 aromatic heterocycles. The topological polar surface area (TPSA) is 65.5 Å². The summed E-state index contributed by atoms with van der Waals surface area (Å²) in [6, 6.07) is 0.186. The summed E-state index contributed by atoms with van der Waals surface area (Å²) in [6.45, 7) is 8.69. The van der Waals surface area contributed by atoms with E-state index in [0.717, 1.165) is 0 Å². The zero-order valence-electron chi connectivity index (χ0n) is 10.7. The molecule has 0 fully saturated rings. The lowest BCUT2D eigenvalue weighted by molar-refractivity contribution is -0.121. The van der Waals surface area contributed by atoms with Crippen LogP contribution in [0.15, 0.2) is 17.6 Å². The zero-order chi connectivity index (χ0) is 12.4. The summed E-state index contributed by atoms with van der Waals surface area (Å²) < 4.78 is 0. The van der Waals surface area contributed by atoms with Crippen LogP contribution in [0.3, 0.4) is 0 Å².